The van der Waals surface area contributed by atoms with Gasteiger partial charge < -0.3 is 9.64 Å². The minimum Gasteiger partial charge on any atom is -0.375 e. The number of amides is 1. The maximum atomic E-state index is 11.9. The highest BCUT2D eigenvalue weighted by Crippen LogP contribution is 2.38. The largest absolute Gasteiger partial charge is 0.375 e. The highest BCUT2D eigenvalue weighted by Gasteiger charge is 2.40. The normalized spacial score (nSPS) is 21.7. The van der Waals surface area contributed by atoms with Crippen molar-refractivity contribution < 1.29 is 9.53 Å². The fraction of sp³-hybridized carbons (Fsp3) is 0.533. The summed E-state index contributed by atoms with van der Waals surface area (Å²) in [7, 11) is 1.86. The number of likely N-dealkylation sites (N-methyl/N-ethyl adjacent to an activating group) is 1. The molecular weight excluding hydrogens is 226 g/mol. The molecule has 98 valence electrons. The molecule has 1 fully saturated rings. The number of hydrogen-bond donors (Lipinski definition) is 0. The summed E-state index contributed by atoms with van der Waals surface area (Å²) in [4.78, 5) is 13.6. The first-order valence-electron chi connectivity index (χ1n) is 6.55. The van der Waals surface area contributed by atoms with Crippen LogP contribution >= 0.6 is 0 Å². The molecule has 1 aromatic carbocycles. The lowest BCUT2D eigenvalue weighted by Crippen LogP contribution is -2.31. The zero-order chi connectivity index (χ0) is 13.0. The standard InChI is InChI=1S/C15H21NO2/c1-12-10-14(12)15(17)16(2)8-9-18-11-13-6-4-3-5-7-13/h3-7,12,14H,8-11H2,1-2H3/t12-,14+/m1/s1. The molecule has 1 amide bonds. The minimum atomic E-state index is 0.268. The number of rotatable bonds is 6. The number of hydrogen-bond acceptors (Lipinski definition) is 2. The zero-order valence-electron chi connectivity index (χ0n) is 11.1. The van der Waals surface area contributed by atoms with Gasteiger partial charge in [-0.2, -0.15) is 0 Å². The summed E-state index contributed by atoms with van der Waals surface area (Å²) in [6.07, 6.45) is 1.05. The molecule has 2 atom stereocenters. The Hall–Kier alpha value is -1.35. The van der Waals surface area contributed by atoms with Gasteiger partial charge in [0.2, 0.25) is 5.91 Å². The molecular formula is C15H21NO2. The summed E-state index contributed by atoms with van der Waals surface area (Å²) < 4.78 is 5.57. The summed E-state index contributed by atoms with van der Waals surface area (Å²) in [5.74, 6) is 1.11. The average molecular weight is 247 g/mol. The quantitative estimate of drug-likeness (QED) is 0.722. The lowest BCUT2D eigenvalue weighted by Gasteiger charge is -2.17. The Morgan fingerprint density at radius 3 is 2.67 bits per heavy atom. The summed E-state index contributed by atoms with van der Waals surface area (Å²) in [5.41, 5.74) is 1.17. The molecule has 3 nitrogen and oxygen atoms in total. The predicted octanol–water partition coefficient (Wildman–Crippen LogP) is 2.32. The molecule has 3 heteroatoms. The van der Waals surface area contributed by atoms with Crippen LogP contribution in [0, 0.1) is 11.8 Å². The van der Waals surface area contributed by atoms with Crippen molar-refractivity contribution in [2.45, 2.75) is 20.0 Å². The van der Waals surface area contributed by atoms with Crippen molar-refractivity contribution >= 4 is 5.91 Å². The van der Waals surface area contributed by atoms with Crippen molar-refractivity contribution in [1.82, 2.24) is 4.90 Å². The van der Waals surface area contributed by atoms with E-state index in [1.54, 1.807) is 4.90 Å². The van der Waals surface area contributed by atoms with E-state index in [1.807, 2.05) is 37.4 Å². The molecule has 0 unspecified atom stereocenters. The van der Waals surface area contributed by atoms with Crippen LogP contribution in [0.3, 0.4) is 0 Å². The Bertz CT molecular complexity index is 391. The van der Waals surface area contributed by atoms with Gasteiger partial charge >= 0.3 is 0 Å². The monoisotopic (exact) mass is 247 g/mol. The van der Waals surface area contributed by atoms with Crippen LogP contribution in [0.5, 0.6) is 0 Å². The van der Waals surface area contributed by atoms with Crippen LogP contribution < -0.4 is 0 Å². The Morgan fingerprint density at radius 2 is 2.06 bits per heavy atom. The van der Waals surface area contributed by atoms with Crippen LogP contribution in [0.1, 0.15) is 18.9 Å². The van der Waals surface area contributed by atoms with E-state index in [-0.39, 0.29) is 11.8 Å². The lowest BCUT2D eigenvalue weighted by atomic mass is 10.2. The SMILES string of the molecule is C[C@@H]1C[C@@H]1C(=O)N(C)CCOCc1ccccc1. The van der Waals surface area contributed by atoms with E-state index in [4.69, 9.17) is 4.74 Å². The van der Waals surface area contributed by atoms with Crippen LogP contribution in [-0.4, -0.2) is 31.0 Å². The molecule has 1 saturated carbocycles. The van der Waals surface area contributed by atoms with Gasteiger partial charge in [0.1, 0.15) is 0 Å². The third-order valence-corrected chi connectivity index (χ3v) is 3.49. The molecule has 0 aliphatic heterocycles. The second kappa shape index (κ2) is 6.01. The van der Waals surface area contributed by atoms with Gasteiger partial charge in [0.25, 0.3) is 0 Å². The van der Waals surface area contributed by atoms with Crippen LogP contribution in [-0.2, 0) is 16.1 Å². The number of benzene rings is 1. The Balaban J connectivity index is 1.62. The molecule has 0 spiro atoms. The predicted molar refractivity (Wildman–Crippen MR) is 71.0 cm³/mol. The number of nitrogens with zero attached hydrogens (tertiary/aromatic N) is 1. The Labute approximate surface area is 109 Å². The lowest BCUT2D eigenvalue weighted by molar-refractivity contribution is -0.132. The smallest absolute Gasteiger partial charge is 0.225 e. The van der Waals surface area contributed by atoms with Gasteiger partial charge in [0.15, 0.2) is 0 Å². The second-order valence-corrected chi connectivity index (χ2v) is 5.12. The van der Waals surface area contributed by atoms with Crippen molar-refractivity contribution in [3.63, 3.8) is 0 Å². The molecule has 0 saturated heterocycles. The van der Waals surface area contributed by atoms with E-state index in [2.05, 4.69) is 6.92 Å². The highest BCUT2D eigenvalue weighted by molar-refractivity contribution is 5.81. The van der Waals surface area contributed by atoms with Crippen LogP contribution in [0.15, 0.2) is 30.3 Å². The first-order chi connectivity index (χ1) is 8.68. The summed E-state index contributed by atoms with van der Waals surface area (Å²) in [5, 5.41) is 0. The third kappa shape index (κ3) is 3.57. The molecule has 0 radical (unpaired) electrons. The van der Waals surface area contributed by atoms with Gasteiger partial charge in [-0.05, 0) is 17.9 Å². The van der Waals surface area contributed by atoms with Crippen LogP contribution in [0.25, 0.3) is 0 Å². The second-order valence-electron chi connectivity index (χ2n) is 5.12. The number of carbonyl (C=O) groups is 1. The van der Waals surface area contributed by atoms with Gasteiger partial charge in [-0.15, -0.1) is 0 Å². The molecule has 2 rings (SSSR count). The molecule has 0 bridgehead atoms. The first kappa shape index (κ1) is 13.1. The molecule has 1 aliphatic rings. The van der Waals surface area contributed by atoms with E-state index in [9.17, 15) is 4.79 Å². The van der Waals surface area contributed by atoms with Crippen LogP contribution in [0.4, 0.5) is 0 Å². The summed E-state index contributed by atoms with van der Waals surface area (Å²) >= 11 is 0. The van der Waals surface area contributed by atoms with Crippen molar-refractivity contribution in [3.05, 3.63) is 35.9 Å². The van der Waals surface area contributed by atoms with Gasteiger partial charge in [0, 0.05) is 19.5 Å². The maximum absolute atomic E-state index is 11.9. The number of ether oxygens (including phenoxy) is 1. The zero-order valence-corrected chi connectivity index (χ0v) is 11.1. The molecule has 1 aromatic rings. The van der Waals surface area contributed by atoms with Crippen molar-refractivity contribution in [1.29, 1.82) is 0 Å². The Kier molecular flexibility index (Phi) is 4.37. The van der Waals surface area contributed by atoms with Gasteiger partial charge in [0.05, 0.1) is 13.2 Å². The van der Waals surface area contributed by atoms with Crippen molar-refractivity contribution in [3.8, 4) is 0 Å². The fourth-order valence-corrected chi connectivity index (χ4v) is 2.03. The average Bonchev–Trinajstić information content (AvgIpc) is 3.12. The number of carbonyl (C=O) groups excluding carboxylic acids is 1. The fourth-order valence-electron chi connectivity index (χ4n) is 2.03. The van der Waals surface area contributed by atoms with E-state index in [0.29, 0.717) is 25.7 Å². The molecule has 0 aromatic heterocycles. The highest BCUT2D eigenvalue weighted by atomic mass is 16.5. The maximum Gasteiger partial charge on any atom is 0.225 e. The Morgan fingerprint density at radius 1 is 1.39 bits per heavy atom. The summed E-state index contributed by atoms with van der Waals surface area (Å²) in [6, 6.07) is 10.1. The van der Waals surface area contributed by atoms with Gasteiger partial charge in [-0.3, -0.25) is 4.79 Å². The first-order valence-corrected chi connectivity index (χ1v) is 6.55. The summed E-state index contributed by atoms with van der Waals surface area (Å²) in [6.45, 7) is 4.01. The van der Waals surface area contributed by atoms with Crippen molar-refractivity contribution in [2.75, 3.05) is 20.2 Å². The van der Waals surface area contributed by atoms with Crippen molar-refractivity contribution in [2.24, 2.45) is 11.8 Å². The molecule has 1 aliphatic carbocycles. The molecule has 0 N–H and O–H groups in total. The molecule has 18 heavy (non-hydrogen) atoms. The van der Waals surface area contributed by atoms with Gasteiger partial charge in [-0.25, -0.2) is 0 Å². The topological polar surface area (TPSA) is 29.5 Å². The molecule has 0 heterocycles. The van der Waals surface area contributed by atoms with E-state index in [1.165, 1.54) is 5.56 Å². The third-order valence-electron chi connectivity index (χ3n) is 3.49. The van der Waals surface area contributed by atoms with Crippen LogP contribution in [0.2, 0.25) is 0 Å². The van der Waals surface area contributed by atoms with Gasteiger partial charge in [-0.1, -0.05) is 37.3 Å². The van der Waals surface area contributed by atoms with E-state index in [0.717, 1.165) is 6.42 Å². The van der Waals surface area contributed by atoms with E-state index >= 15 is 0 Å². The van der Waals surface area contributed by atoms with E-state index < -0.39 is 0 Å². The minimum absolute atomic E-state index is 0.268.